The van der Waals surface area contributed by atoms with Gasteiger partial charge >= 0.3 is 0 Å². The minimum atomic E-state index is 0.422. The van der Waals surface area contributed by atoms with Gasteiger partial charge in [0.05, 0.1) is 11.0 Å². The highest BCUT2D eigenvalue weighted by Crippen LogP contribution is 2.34. The van der Waals surface area contributed by atoms with Crippen molar-refractivity contribution in [2.24, 2.45) is 12.2 Å². The Hall–Kier alpha value is -2.56. The second-order valence-corrected chi connectivity index (χ2v) is 4.85. The van der Waals surface area contributed by atoms with E-state index in [0.29, 0.717) is 5.69 Å². The molecular formula is C15H14N4O. The quantitative estimate of drug-likeness (QED) is 0.665. The maximum Gasteiger partial charge on any atom is 0.118 e. The molecule has 0 radical (unpaired) electrons. The van der Waals surface area contributed by atoms with Crippen molar-refractivity contribution in [2.45, 2.75) is 13.8 Å². The maximum absolute atomic E-state index is 11.2. The van der Waals surface area contributed by atoms with Crippen LogP contribution >= 0.6 is 0 Å². The summed E-state index contributed by atoms with van der Waals surface area (Å²) in [6, 6.07) is 7.51. The number of hydrogen-bond acceptors (Lipinski definition) is 4. The van der Waals surface area contributed by atoms with E-state index in [0.717, 1.165) is 33.7 Å². The predicted octanol–water partition coefficient (Wildman–Crippen LogP) is 3.65. The summed E-state index contributed by atoms with van der Waals surface area (Å²) in [5.74, 6) is 0.903. The molecule has 0 bridgehead atoms. The smallest absolute Gasteiger partial charge is 0.118 e. The second kappa shape index (κ2) is 4.52. The summed E-state index contributed by atoms with van der Waals surface area (Å²) in [6.07, 6.45) is 1.73. The largest absolute Gasteiger partial charge is 0.331 e. The summed E-state index contributed by atoms with van der Waals surface area (Å²) in [5, 5.41) is 3.17. The van der Waals surface area contributed by atoms with E-state index in [4.69, 9.17) is 0 Å². The molecule has 0 N–H and O–H groups in total. The molecule has 0 aliphatic carbocycles. The summed E-state index contributed by atoms with van der Waals surface area (Å²) in [4.78, 5) is 19.8. The van der Waals surface area contributed by atoms with Crippen LogP contribution in [0.3, 0.4) is 0 Å². The molecule has 0 saturated carbocycles. The molecule has 3 rings (SSSR count). The Labute approximate surface area is 116 Å². The minimum Gasteiger partial charge on any atom is -0.331 e. The van der Waals surface area contributed by atoms with Crippen LogP contribution in [0.25, 0.3) is 22.2 Å². The molecule has 0 fully saturated rings. The van der Waals surface area contributed by atoms with Gasteiger partial charge < -0.3 is 4.57 Å². The number of benzene rings is 1. The molecule has 2 aromatic heterocycles. The van der Waals surface area contributed by atoms with E-state index >= 15 is 0 Å². The monoisotopic (exact) mass is 266 g/mol. The van der Waals surface area contributed by atoms with Crippen LogP contribution < -0.4 is 0 Å². The Balaban J connectivity index is 2.32. The lowest BCUT2D eigenvalue weighted by atomic mass is 10.0. The van der Waals surface area contributed by atoms with Gasteiger partial charge in [-0.3, -0.25) is 4.98 Å². The van der Waals surface area contributed by atoms with Crippen molar-refractivity contribution in [1.82, 2.24) is 14.5 Å². The average Bonchev–Trinajstić information content (AvgIpc) is 2.72. The van der Waals surface area contributed by atoms with E-state index in [1.807, 2.05) is 43.7 Å². The summed E-state index contributed by atoms with van der Waals surface area (Å²) >= 11 is 0. The molecule has 5 nitrogen and oxygen atoms in total. The lowest BCUT2D eigenvalue weighted by Crippen LogP contribution is -1.90. The number of rotatable bonds is 2. The van der Waals surface area contributed by atoms with E-state index in [1.165, 1.54) is 0 Å². The average molecular weight is 266 g/mol. The number of hydrogen-bond donors (Lipinski definition) is 0. The third kappa shape index (κ3) is 1.87. The van der Waals surface area contributed by atoms with Gasteiger partial charge in [0.25, 0.3) is 0 Å². The van der Waals surface area contributed by atoms with Crippen molar-refractivity contribution in [3.05, 3.63) is 46.9 Å². The van der Waals surface area contributed by atoms with Crippen LogP contribution in [0.4, 0.5) is 5.69 Å². The van der Waals surface area contributed by atoms with Gasteiger partial charge in [-0.15, -0.1) is 4.91 Å². The zero-order chi connectivity index (χ0) is 14.3. The second-order valence-electron chi connectivity index (χ2n) is 4.85. The van der Waals surface area contributed by atoms with Crippen LogP contribution in [-0.2, 0) is 7.05 Å². The highest BCUT2D eigenvalue weighted by molar-refractivity contribution is 5.90. The Morgan fingerprint density at radius 1 is 1.20 bits per heavy atom. The third-order valence-corrected chi connectivity index (χ3v) is 3.53. The van der Waals surface area contributed by atoms with Gasteiger partial charge in [0.2, 0.25) is 0 Å². The van der Waals surface area contributed by atoms with E-state index < -0.39 is 0 Å². The van der Waals surface area contributed by atoms with Gasteiger partial charge in [0.1, 0.15) is 11.5 Å². The molecule has 3 aromatic rings. The fraction of sp³-hybridized carbons (Fsp3) is 0.200. The van der Waals surface area contributed by atoms with Crippen molar-refractivity contribution in [1.29, 1.82) is 0 Å². The SMILES string of the molecule is Cc1cc(-c2cc3nc(C)n(C)c3cc2N=O)ccn1. The molecule has 20 heavy (non-hydrogen) atoms. The first-order valence-electron chi connectivity index (χ1n) is 6.33. The molecule has 0 aliphatic heterocycles. The number of imidazole rings is 1. The lowest BCUT2D eigenvalue weighted by Gasteiger charge is -2.06. The molecule has 2 heterocycles. The summed E-state index contributed by atoms with van der Waals surface area (Å²) in [5.41, 5.74) is 4.81. The highest BCUT2D eigenvalue weighted by Gasteiger charge is 2.12. The number of nitrogens with zero attached hydrogens (tertiary/aromatic N) is 4. The molecule has 0 saturated heterocycles. The van der Waals surface area contributed by atoms with Crippen LogP contribution in [0.5, 0.6) is 0 Å². The number of fused-ring (bicyclic) bond motifs is 1. The fourth-order valence-corrected chi connectivity index (χ4v) is 2.37. The van der Waals surface area contributed by atoms with Crippen LogP contribution in [0.2, 0.25) is 0 Å². The topological polar surface area (TPSA) is 60.1 Å². The zero-order valence-corrected chi connectivity index (χ0v) is 11.6. The van der Waals surface area contributed by atoms with Crippen molar-refractivity contribution in [3.63, 3.8) is 0 Å². The lowest BCUT2D eigenvalue weighted by molar-refractivity contribution is 0.886. The highest BCUT2D eigenvalue weighted by atomic mass is 16.3. The van der Waals surface area contributed by atoms with Crippen LogP contribution in [-0.4, -0.2) is 14.5 Å². The molecule has 0 amide bonds. The normalized spacial score (nSPS) is 10.9. The minimum absolute atomic E-state index is 0.422. The number of aromatic nitrogens is 3. The fourth-order valence-electron chi connectivity index (χ4n) is 2.37. The molecule has 0 aliphatic rings. The summed E-state index contributed by atoms with van der Waals surface area (Å²) < 4.78 is 1.95. The van der Waals surface area contributed by atoms with E-state index in [1.54, 1.807) is 12.3 Å². The van der Waals surface area contributed by atoms with E-state index in [2.05, 4.69) is 15.1 Å². The van der Waals surface area contributed by atoms with Gasteiger partial charge in [0.15, 0.2) is 0 Å². The summed E-state index contributed by atoms with van der Waals surface area (Å²) in [6.45, 7) is 3.85. The molecule has 0 spiro atoms. The van der Waals surface area contributed by atoms with Gasteiger partial charge in [-0.2, -0.15) is 0 Å². The Kier molecular flexibility index (Phi) is 2.82. The first-order chi connectivity index (χ1) is 9.60. The zero-order valence-electron chi connectivity index (χ0n) is 11.6. The van der Waals surface area contributed by atoms with Gasteiger partial charge in [-0.05, 0) is 48.9 Å². The van der Waals surface area contributed by atoms with Gasteiger partial charge in [-0.25, -0.2) is 4.98 Å². The molecule has 5 heteroatoms. The van der Waals surface area contributed by atoms with Crippen LogP contribution in [0.15, 0.2) is 35.6 Å². The van der Waals surface area contributed by atoms with Crippen molar-refractivity contribution in [3.8, 4) is 11.1 Å². The van der Waals surface area contributed by atoms with Crippen molar-refractivity contribution >= 4 is 16.7 Å². The van der Waals surface area contributed by atoms with Gasteiger partial charge in [-0.1, -0.05) is 0 Å². The standard InChI is InChI=1S/C15H14N4O/c1-9-6-11(4-5-16-9)12-7-14-15(8-13(12)18-20)19(3)10(2)17-14/h4-8H,1-3H3. The van der Waals surface area contributed by atoms with Crippen molar-refractivity contribution < 1.29 is 0 Å². The van der Waals surface area contributed by atoms with E-state index in [-0.39, 0.29) is 0 Å². The van der Waals surface area contributed by atoms with Gasteiger partial charge in [0, 0.05) is 24.5 Å². The molecule has 1 aromatic carbocycles. The van der Waals surface area contributed by atoms with Crippen molar-refractivity contribution in [2.75, 3.05) is 0 Å². The van der Waals surface area contributed by atoms with Crippen LogP contribution in [0, 0.1) is 18.8 Å². The first kappa shape index (κ1) is 12.5. The Morgan fingerprint density at radius 2 is 2.00 bits per heavy atom. The molecule has 100 valence electrons. The molecule has 0 atom stereocenters. The Bertz CT molecular complexity index is 820. The Morgan fingerprint density at radius 3 is 2.70 bits per heavy atom. The summed E-state index contributed by atoms with van der Waals surface area (Å²) in [7, 11) is 1.93. The molecule has 0 unspecified atom stereocenters. The number of aryl methyl sites for hydroxylation is 3. The maximum atomic E-state index is 11.2. The number of nitroso groups, excluding NO2 is 1. The number of pyridine rings is 1. The third-order valence-electron chi connectivity index (χ3n) is 3.53. The van der Waals surface area contributed by atoms with Crippen LogP contribution in [0.1, 0.15) is 11.5 Å². The first-order valence-corrected chi connectivity index (χ1v) is 6.33. The molecular weight excluding hydrogens is 252 g/mol. The van der Waals surface area contributed by atoms with E-state index in [9.17, 15) is 4.91 Å². The predicted molar refractivity (Wildman–Crippen MR) is 78.9 cm³/mol.